The second kappa shape index (κ2) is 9.20. The number of carbonyl (C=O) groups is 1. The highest BCUT2D eigenvalue weighted by Crippen LogP contribution is 2.23. The normalized spacial score (nSPS) is 25.1. The molecule has 0 unspecified atom stereocenters. The van der Waals surface area contributed by atoms with Gasteiger partial charge in [-0.1, -0.05) is 0 Å². The number of hydrogen-bond donors (Lipinski definition) is 1. The van der Waals surface area contributed by atoms with Gasteiger partial charge in [-0.25, -0.2) is 4.98 Å². The summed E-state index contributed by atoms with van der Waals surface area (Å²) < 4.78 is 5.44. The van der Waals surface area contributed by atoms with Crippen LogP contribution in [0.4, 0.5) is 5.82 Å². The molecule has 0 aromatic carbocycles. The van der Waals surface area contributed by atoms with Gasteiger partial charge in [-0.3, -0.25) is 9.69 Å². The minimum atomic E-state index is 0.0892. The first kappa shape index (κ1) is 19.6. The van der Waals surface area contributed by atoms with Gasteiger partial charge >= 0.3 is 0 Å². The Morgan fingerprint density at radius 1 is 1.11 bits per heavy atom. The minimum Gasteiger partial charge on any atom is -0.396 e. The maximum absolute atomic E-state index is 12.9. The van der Waals surface area contributed by atoms with Crippen LogP contribution in [0.25, 0.3) is 0 Å². The molecular weight excluding hydrogens is 356 g/mol. The maximum atomic E-state index is 12.9. The summed E-state index contributed by atoms with van der Waals surface area (Å²) in [5.41, 5.74) is 0.671. The van der Waals surface area contributed by atoms with Gasteiger partial charge in [0.15, 0.2) is 0 Å². The molecule has 0 saturated carbocycles. The first-order chi connectivity index (χ1) is 13.7. The largest absolute Gasteiger partial charge is 0.396 e. The van der Waals surface area contributed by atoms with Gasteiger partial charge in [-0.15, -0.1) is 0 Å². The molecule has 0 radical (unpaired) electrons. The van der Waals surface area contributed by atoms with Crippen molar-refractivity contribution in [1.82, 2.24) is 14.8 Å². The number of carbonyl (C=O) groups excluding carboxylic acids is 1. The lowest BCUT2D eigenvalue weighted by Crippen LogP contribution is -2.50. The van der Waals surface area contributed by atoms with Gasteiger partial charge in [-0.05, 0) is 43.7 Å². The molecule has 1 atom stereocenters. The van der Waals surface area contributed by atoms with Crippen LogP contribution in [0.5, 0.6) is 0 Å². The first-order valence-corrected chi connectivity index (χ1v) is 10.7. The van der Waals surface area contributed by atoms with Crippen LogP contribution >= 0.6 is 0 Å². The number of rotatable bonds is 4. The lowest BCUT2D eigenvalue weighted by atomic mass is 9.99. The summed E-state index contributed by atoms with van der Waals surface area (Å²) in [6.07, 6.45) is 5.94. The molecule has 7 heteroatoms. The van der Waals surface area contributed by atoms with E-state index >= 15 is 0 Å². The Bertz CT molecular complexity index is 640. The number of anilines is 1. The Morgan fingerprint density at radius 2 is 1.89 bits per heavy atom. The number of amides is 1. The van der Waals surface area contributed by atoms with E-state index in [-0.39, 0.29) is 12.5 Å². The van der Waals surface area contributed by atoms with Crippen molar-refractivity contribution in [2.24, 2.45) is 5.92 Å². The fourth-order valence-corrected chi connectivity index (χ4v) is 4.68. The number of ether oxygens (including phenoxy) is 1. The van der Waals surface area contributed by atoms with Gasteiger partial charge < -0.3 is 19.6 Å². The first-order valence-electron chi connectivity index (χ1n) is 10.7. The van der Waals surface area contributed by atoms with Crippen molar-refractivity contribution in [2.75, 3.05) is 64.0 Å². The number of hydrogen-bond acceptors (Lipinski definition) is 6. The second-order valence-corrected chi connectivity index (χ2v) is 8.21. The van der Waals surface area contributed by atoms with Gasteiger partial charge in [0, 0.05) is 58.1 Å². The third kappa shape index (κ3) is 4.47. The van der Waals surface area contributed by atoms with E-state index in [9.17, 15) is 9.90 Å². The van der Waals surface area contributed by atoms with Crippen LogP contribution in [-0.4, -0.2) is 90.9 Å². The van der Waals surface area contributed by atoms with Gasteiger partial charge in [0.1, 0.15) is 5.82 Å². The maximum Gasteiger partial charge on any atom is 0.255 e. The summed E-state index contributed by atoms with van der Waals surface area (Å²) in [4.78, 5) is 24.1. The fraction of sp³-hybridized carbons (Fsp3) is 0.714. The summed E-state index contributed by atoms with van der Waals surface area (Å²) in [5, 5.41) is 9.41. The van der Waals surface area contributed by atoms with Crippen molar-refractivity contribution in [2.45, 2.75) is 31.7 Å². The van der Waals surface area contributed by atoms with Crippen LogP contribution in [0.2, 0.25) is 0 Å². The molecule has 1 amide bonds. The Hall–Kier alpha value is -1.70. The molecule has 4 rings (SSSR count). The van der Waals surface area contributed by atoms with Gasteiger partial charge in [0.05, 0.1) is 18.8 Å². The monoisotopic (exact) mass is 388 g/mol. The number of likely N-dealkylation sites (tertiary alicyclic amines) is 1. The summed E-state index contributed by atoms with van der Waals surface area (Å²) in [6, 6.07) is 4.43. The zero-order valence-electron chi connectivity index (χ0n) is 16.6. The molecule has 0 aliphatic carbocycles. The van der Waals surface area contributed by atoms with Crippen LogP contribution in [0.3, 0.4) is 0 Å². The number of pyridine rings is 1. The van der Waals surface area contributed by atoms with Crippen LogP contribution < -0.4 is 4.90 Å². The smallest absolute Gasteiger partial charge is 0.255 e. The van der Waals surface area contributed by atoms with E-state index in [0.29, 0.717) is 17.5 Å². The predicted octanol–water partition coefficient (Wildman–Crippen LogP) is 1.23. The molecule has 0 bridgehead atoms. The molecule has 4 heterocycles. The fourth-order valence-electron chi connectivity index (χ4n) is 4.68. The van der Waals surface area contributed by atoms with Gasteiger partial charge in [0.25, 0.3) is 5.91 Å². The molecule has 3 fully saturated rings. The van der Waals surface area contributed by atoms with Crippen LogP contribution in [0, 0.1) is 5.92 Å². The zero-order valence-corrected chi connectivity index (χ0v) is 16.6. The Balaban J connectivity index is 1.31. The van der Waals surface area contributed by atoms with Gasteiger partial charge in [0.2, 0.25) is 0 Å². The third-order valence-corrected chi connectivity index (χ3v) is 6.41. The molecule has 3 aliphatic heterocycles. The Morgan fingerprint density at radius 3 is 2.57 bits per heavy atom. The Kier molecular flexibility index (Phi) is 6.44. The van der Waals surface area contributed by atoms with Crippen LogP contribution in [-0.2, 0) is 4.74 Å². The quantitative estimate of drug-likeness (QED) is 0.837. The van der Waals surface area contributed by atoms with Crippen molar-refractivity contribution in [3.63, 3.8) is 0 Å². The molecule has 1 N–H and O–H groups in total. The number of piperidine rings is 2. The summed E-state index contributed by atoms with van der Waals surface area (Å²) in [6.45, 7) is 7.33. The van der Waals surface area contributed by atoms with Crippen molar-refractivity contribution < 1.29 is 14.6 Å². The average molecular weight is 389 g/mol. The molecule has 7 nitrogen and oxygen atoms in total. The van der Waals surface area contributed by atoms with Crippen LogP contribution in [0.15, 0.2) is 18.3 Å². The number of nitrogens with zero attached hydrogens (tertiary/aromatic N) is 4. The molecule has 0 spiro atoms. The molecular formula is C21H32N4O3. The minimum absolute atomic E-state index is 0.0892. The second-order valence-electron chi connectivity index (χ2n) is 8.21. The molecule has 3 saturated heterocycles. The van der Waals surface area contributed by atoms with Crippen molar-refractivity contribution in [3.8, 4) is 0 Å². The highest BCUT2D eigenvalue weighted by atomic mass is 16.5. The molecule has 1 aromatic heterocycles. The highest BCUT2D eigenvalue weighted by molar-refractivity contribution is 5.94. The van der Waals surface area contributed by atoms with E-state index in [1.54, 1.807) is 6.20 Å². The van der Waals surface area contributed by atoms with E-state index in [0.717, 1.165) is 84.0 Å². The number of aliphatic hydroxyl groups is 1. The third-order valence-electron chi connectivity index (χ3n) is 6.41. The van der Waals surface area contributed by atoms with E-state index in [2.05, 4.69) is 14.8 Å². The highest BCUT2D eigenvalue weighted by Gasteiger charge is 2.28. The average Bonchev–Trinajstić information content (AvgIpc) is 2.79. The zero-order chi connectivity index (χ0) is 19.3. The molecule has 28 heavy (non-hydrogen) atoms. The van der Waals surface area contributed by atoms with Crippen molar-refractivity contribution in [1.29, 1.82) is 0 Å². The van der Waals surface area contributed by atoms with Crippen molar-refractivity contribution >= 4 is 11.7 Å². The number of aliphatic hydroxyl groups excluding tert-OH is 1. The molecule has 154 valence electrons. The topological polar surface area (TPSA) is 69.1 Å². The van der Waals surface area contributed by atoms with Gasteiger partial charge in [-0.2, -0.15) is 0 Å². The van der Waals surface area contributed by atoms with Crippen molar-refractivity contribution in [3.05, 3.63) is 23.9 Å². The SMILES string of the molecule is O=C(c1ccc(N2CCC[C@H](CO)C2)nc1)N1CCC(N2CCOCC2)CC1. The molecule has 3 aliphatic rings. The standard InChI is InChI=1S/C21H32N4O3/c26-16-17-2-1-7-25(15-17)20-4-3-18(14-22-20)21(27)24-8-5-19(6-9-24)23-10-12-28-13-11-23/h3-4,14,17,19,26H,1-2,5-13,15-16H2/t17-/m0/s1. The Labute approximate surface area is 167 Å². The summed E-state index contributed by atoms with van der Waals surface area (Å²) in [5.74, 6) is 1.32. The van der Waals surface area contributed by atoms with E-state index in [1.165, 1.54) is 0 Å². The number of morpholine rings is 1. The van der Waals surface area contributed by atoms with Crippen LogP contribution in [0.1, 0.15) is 36.0 Å². The van der Waals surface area contributed by atoms with E-state index in [1.807, 2.05) is 17.0 Å². The summed E-state index contributed by atoms with van der Waals surface area (Å²) in [7, 11) is 0. The van der Waals surface area contributed by atoms with E-state index < -0.39 is 0 Å². The number of aromatic nitrogens is 1. The summed E-state index contributed by atoms with van der Waals surface area (Å²) >= 11 is 0. The van der Waals surface area contributed by atoms with E-state index in [4.69, 9.17) is 4.74 Å². The lowest BCUT2D eigenvalue weighted by molar-refractivity contribution is 0.00158. The molecule has 1 aromatic rings. The lowest BCUT2D eigenvalue weighted by Gasteiger charge is -2.40. The predicted molar refractivity (Wildman–Crippen MR) is 108 cm³/mol.